The van der Waals surface area contributed by atoms with Crippen LogP contribution >= 0.6 is 15.9 Å². The summed E-state index contributed by atoms with van der Waals surface area (Å²) in [5.41, 5.74) is -0.370. The zero-order valence-electron chi connectivity index (χ0n) is 14.2. The van der Waals surface area contributed by atoms with Crippen molar-refractivity contribution >= 4 is 27.7 Å². The van der Waals surface area contributed by atoms with Gasteiger partial charge in [0, 0.05) is 19.3 Å². The van der Waals surface area contributed by atoms with E-state index in [9.17, 15) is 4.79 Å². The third-order valence-electron chi connectivity index (χ3n) is 6.42. The lowest BCUT2D eigenvalue weighted by Gasteiger charge is -2.60. The zero-order chi connectivity index (χ0) is 17.2. The van der Waals surface area contributed by atoms with Crippen LogP contribution in [-0.2, 0) is 17.4 Å². The van der Waals surface area contributed by atoms with Gasteiger partial charge < -0.3 is 5.32 Å². The van der Waals surface area contributed by atoms with Crippen LogP contribution in [0.3, 0.4) is 0 Å². The molecule has 25 heavy (non-hydrogen) atoms. The summed E-state index contributed by atoms with van der Waals surface area (Å²) >= 11 is 3.37. The Bertz CT molecular complexity index is 828. The third-order valence-corrected chi connectivity index (χ3v) is 6.78. The van der Waals surface area contributed by atoms with Gasteiger partial charge in [0.2, 0.25) is 10.6 Å². The van der Waals surface area contributed by atoms with Crippen molar-refractivity contribution in [1.82, 2.24) is 24.5 Å². The van der Waals surface area contributed by atoms with E-state index in [-0.39, 0.29) is 16.9 Å². The highest BCUT2D eigenvalue weighted by molar-refractivity contribution is 9.10. The molecular formula is C17H21BrN6O. The molecular weight excluding hydrogens is 384 g/mol. The van der Waals surface area contributed by atoms with E-state index in [1.54, 1.807) is 4.68 Å². The van der Waals surface area contributed by atoms with Gasteiger partial charge in [0.15, 0.2) is 5.82 Å². The predicted molar refractivity (Wildman–Crippen MR) is 94.6 cm³/mol. The molecule has 4 fully saturated rings. The minimum atomic E-state index is -0.306. The number of carbonyl (C=O) groups excluding carboxylic acids is 1. The topological polar surface area (TPSA) is 77.6 Å². The van der Waals surface area contributed by atoms with Crippen LogP contribution < -0.4 is 5.32 Å². The van der Waals surface area contributed by atoms with Crippen LogP contribution in [0, 0.1) is 17.3 Å². The molecule has 2 heterocycles. The lowest BCUT2D eigenvalue weighted by atomic mass is 9.46. The summed E-state index contributed by atoms with van der Waals surface area (Å²) in [7, 11) is 1.86. The van der Waals surface area contributed by atoms with E-state index in [0.717, 1.165) is 32.1 Å². The van der Waals surface area contributed by atoms with Crippen LogP contribution in [0.1, 0.15) is 38.5 Å². The molecule has 2 atom stereocenters. The molecule has 2 unspecified atom stereocenters. The first-order valence-corrected chi connectivity index (χ1v) is 9.65. The summed E-state index contributed by atoms with van der Waals surface area (Å²) in [4.78, 5) is 17.5. The Morgan fingerprint density at radius 3 is 2.64 bits per heavy atom. The molecule has 4 aliphatic carbocycles. The van der Waals surface area contributed by atoms with Crippen LogP contribution in [0.2, 0.25) is 0 Å². The van der Waals surface area contributed by atoms with Crippen molar-refractivity contribution in [3.63, 3.8) is 0 Å². The second-order valence-corrected chi connectivity index (χ2v) is 8.96. The number of aryl methyl sites for hydroxylation is 1. The number of rotatable bonds is 3. The molecule has 8 heteroatoms. The first kappa shape index (κ1) is 15.5. The Kier molecular flexibility index (Phi) is 3.21. The molecule has 1 amide bonds. The molecule has 132 valence electrons. The maximum Gasteiger partial charge on any atom is 0.231 e. The van der Waals surface area contributed by atoms with Gasteiger partial charge >= 0.3 is 0 Å². The van der Waals surface area contributed by atoms with Gasteiger partial charge in [0.1, 0.15) is 6.33 Å². The van der Waals surface area contributed by atoms with E-state index in [4.69, 9.17) is 0 Å². The van der Waals surface area contributed by atoms with Crippen molar-refractivity contribution in [2.75, 3.05) is 5.32 Å². The highest BCUT2D eigenvalue weighted by Gasteiger charge is 2.61. The van der Waals surface area contributed by atoms with Crippen LogP contribution in [0.15, 0.2) is 23.3 Å². The predicted octanol–water partition coefficient (Wildman–Crippen LogP) is 2.71. The monoisotopic (exact) mass is 404 g/mol. The number of anilines is 1. The average Bonchev–Trinajstić information content (AvgIpc) is 3.15. The molecule has 0 radical (unpaired) electrons. The highest BCUT2D eigenvalue weighted by atomic mass is 79.9. The minimum absolute atomic E-state index is 0.0649. The van der Waals surface area contributed by atoms with Crippen LogP contribution in [0.25, 0.3) is 0 Å². The second kappa shape index (κ2) is 5.16. The molecule has 7 nitrogen and oxygen atoms in total. The molecule has 0 aliphatic heterocycles. The number of amides is 1. The molecule has 0 saturated heterocycles. The van der Waals surface area contributed by atoms with Gasteiger partial charge in [-0.2, -0.15) is 5.10 Å². The van der Waals surface area contributed by atoms with E-state index in [1.807, 2.05) is 30.3 Å². The van der Waals surface area contributed by atoms with Crippen molar-refractivity contribution in [3.8, 4) is 0 Å². The maximum absolute atomic E-state index is 13.2. The normalized spacial score (nSPS) is 35.9. The quantitative estimate of drug-likeness (QED) is 0.852. The standard InChI is InChI=1S/C17H21BrN6O/c1-23-3-2-13(21-23)20-14(25)16-5-11-4-12(6-16)8-17(7-11,9-16)24-10-19-15(18)22-24/h2-3,10-12H,4-9H2,1H3,(H,20,21,25). The molecule has 6 rings (SSSR count). The van der Waals surface area contributed by atoms with Gasteiger partial charge in [0.25, 0.3) is 0 Å². The molecule has 4 saturated carbocycles. The Hall–Kier alpha value is -1.70. The van der Waals surface area contributed by atoms with E-state index >= 15 is 0 Å². The van der Waals surface area contributed by atoms with Crippen molar-refractivity contribution in [1.29, 1.82) is 0 Å². The van der Waals surface area contributed by atoms with E-state index in [2.05, 4.69) is 36.4 Å². The first-order valence-electron chi connectivity index (χ1n) is 8.85. The van der Waals surface area contributed by atoms with E-state index in [1.165, 1.54) is 6.42 Å². The van der Waals surface area contributed by atoms with Gasteiger partial charge in [-0.05, 0) is 66.3 Å². The van der Waals surface area contributed by atoms with Gasteiger partial charge in [0.05, 0.1) is 11.0 Å². The highest BCUT2D eigenvalue weighted by Crippen LogP contribution is 2.64. The number of nitrogens with zero attached hydrogens (tertiary/aromatic N) is 5. The molecule has 2 aromatic heterocycles. The van der Waals surface area contributed by atoms with Gasteiger partial charge in [-0.25, -0.2) is 9.67 Å². The number of hydrogen-bond acceptors (Lipinski definition) is 4. The Morgan fingerprint density at radius 2 is 2.04 bits per heavy atom. The summed E-state index contributed by atoms with van der Waals surface area (Å²) in [5.74, 6) is 1.96. The Labute approximate surface area is 154 Å². The van der Waals surface area contributed by atoms with E-state index < -0.39 is 0 Å². The van der Waals surface area contributed by atoms with Crippen molar-refractivity contribution in [2.24, 2.45) is 24.3 Å². The number of nitrogens with one attached hydrogen (secondary N) is 1. The SMILES string of the molecule is Cn1ccc(NC(=O)C23CC4CC(C2)CC(n2cnc(Br)n2)(C4)C3)n1. The Balaban J connectivity index is 1.48. The smallest absolute Gasteiger partial charge is 0.231 e. The number of hydrogen-bond donors (Lipinski definition) is 1. The summed E-state index contributed by atoms with van der Waals surface area (Å²) in [6.07, 6.45) is 9.96. The second-order valence-electron chi connectivity index (χ2n) is 8.25. The van der Waals surface area contributed by atoms with Crippen molar-refractivity contribution in [3.05, 3.63) is 23.3 Å². The van der Waals surface area contributed by atoms with Crippen molar-refractivity contribution < 1.29 is 4.79 Å². The number of aromatic nitrogens is 5. The minimum Gasteiger partial charge on any atom is -0.309 e. The van der Waals surface area contributed by atoms with Crippen LogP contribution in [0.4, 0.5) is 5.82 Å². The summed E-state index contributed by atoms with van der Waals surface area (Å²) in [6.45, 7) is 0. The first-order chi connectivity index (χ1) is 12.0. The fraction of sp³-hybridized carbons (Fsp3) is 0.647. The fourth-order valence-corrected chi connectivity index (χ4v) is 6.21. The van der Waals surface area contributed by atoms with Crippen molar-refractivity contribution in [2.45, 2.75) is 44.1 Å². The lowest BCUT2D eigenvalue weighted by molar-refractivity contribution is -0.150. The van der Waals surface area contributed by atoms with E-state index in [0.29, 0.717) is 22.4 Å². The van der Waals surface area contributed by atoms with Gasteiger partial charge in [-0.3, -0.25) is 9.48 Å². The Morgan fingerprint density at radius 1 is 1.28 bits per heavy atom. The summed E-state index contributed by atoms with van der Waals surface area (Å²) < 4.78 is 4.36. The molecule has 0 aromatic carbocycles. The molecule has 1 N–H and O–H groups in total. The summed E-state index contributed by atoms with van der Waals surface area (Å²) in [6, 6.07) is 1.85. The van der Waals surface area contributed by atoms with Gasteiger partial charge in [-0.1, -0.05) is 0 Å². The molecule has 4 bridgehead atoms. The molecule has 4 aliphatic rings. The summed E-state index contributed by atoms with van der Waals surface area (Å²) in [5, 5.41) is 11.9. The number of carbonyl (C=O) groups is 1. The third kappa shape index (κ3) is 2.37. The largest absolute Gasteiger partial charge is 0.309 e. The average molecular weight is 405 g/mol. The fourth-order valence-electron chi connectivity index (χ4n) is 5.95. The number of halogens is 1. The zero-order valence-corrected chi connectivity index (χ0v) is 15.7. The molecule has 0 spiro atoms. The van der Waals surface area contributed by atoms with Gasteiger partial charge in [-0.15, -0.1) is 5.10 Å². The lowest BCUT2D eigenvalue weighted by Crippen LogP contribution is -2.60. The van der Waals surface area contributed by atoms with Crippen LogP contribution in [-0.4, -0.2) is 30.5 Å². The maximum atomic E-state index is 13.2. The molecule has 2 aromatic rings. The van der Waals surface area contributed by atoms with Crippen LogP contribution in [0.5, 0.6) is 0 Å².